The molecule has 0 aliphatic carbocycles. The Morgan fingerprint density at radius 2 is 1.91 bits per heavy atom. The van der Waals surface area contributed by atoms with Crippen LogP contribution in [0, 0.1) is 12.7 Å². The van der Waals surface area contributed by atoms with Gasteiger partial charge in [0.1, 0.15) is 23.5 Å². The lowest BCUT2D eigenvalue weighted by molar-refractivity contribution is 0.0945. The zero-order valence-corrected chi connectivity index (χ0v) is 12.4. The Morgan fingerprint density at radius 3 is 2.59 bits per heavy atom. The Labute approximate surface area is 127 Å². The number of nitrogens with zero attached hydrogens (tertiary/aromatic N) is 2. The van der Waals surface area contributed by atoms with Crippen molar-refractivity contribution in [3.63, 3.8) is 0 Å². The lowest BCUT2D eigenvalue weighted by Gasteiger charge is -2.07. The number of aryl methyl sites for hydroxylation is 1. The number of hydrogen-bond donors (Lipinski definition) is 1. The van der Waals surface area contributed by atoms with Crippen LogP contribution >= 0.6 is 0 Å². The molecular weight excluding hydrogens is 285 g/mol. The highest BCUT2D eigenvalue weighted by atomic mass is 19.1. The minimum atomic E-state index is -0.408. The average Bonchev–Trinajstić information content (AvgIpc) is 2.55. The maximum atomic E-state index is 13.2. The molecule has 114 valence electrons. The molecule has 0 saturated carbocycles. The first-order valence-corrected chi connectivity index (χ1v) is 6.89. The van der Waals surface area contributed by atoms with Crippen molar-refractivity contribution in [2.24, 2.45) is 0 Å². The molecule has 22 heavy (non-hydrogen) atoms. The quantitative estimate of drug-likeness (QED) is 0.861. The fourth-order valence-corrected chi connectivity index (χ4v) is 1.90. The van der Waals surface area contributed by atoms with Crippen molar-refractivity contribution in [2.45, 2.75) is 26.8 Å². The van der Waals surface area contributed by atoms with Gasteiger partial charge >= 0.3 is 0 Å². The number of rotatable bonds is 5. The normalized spacial score (nSPS) is 10.3. The first-order valence-electron chi connectivity index (χ1n) is 6.89. The van der Waals surface area contributed by atoms with Crippen LogP contribution in [-0.2, 0) is 6.54 Å². The van der Waals surface area contributed by atoms with Crippen molar-refractivity contribution in [1.82, 2.24) is 15.3 Å². The fourth-order valence-electron chi connectivity index (χ4n) is 1.90. The molecule has 0 fully saturated rings. The van der Waals surface area contributed by atoms with Crippen LogP contribution in [0.25, 0.3) is 0 Å². The van der Waals surface area contributed by atoms with Gasteiger partial charge in [-0.15, -0.1) is 0 Å². The van der Waals surface area contributed by atoms with E-state index >= 15 is 0 Å². The topological polar surface area (TPSA) is 72.0 Å². The van der Waals surface area contributed by atoms with Crippen LogP contribution in [0.15, 0.2) is 30.6 Å². The maximum Gasteiger partial charge on any atom is 0.270 e. The fraction of sp³-hybridized carbons (Fsp3) is 0.250. The number of nitrogens with one attached hydrogen (secondary N) is 1. The van der Waals surface area contributed by atoms with Gasteiger partial charge < -0.3 is 5.32 Å². The van der Waals surface area contributed by atoms with E-state index in [1.165, 1.54) is 18.5 Å². The second-order valence-corrected chi connectivity index (χ2v) is 4.83. The van der Waals surface area contributed by atoms with E-state index in [-0.39, 0.29) is 29.5 Å². The number of hydrogen-bond acceptors (Lipinski definition) is 4. The number of amides is 1. The Hall–Kier alpha value is -2.63. The van der Waals surface area contributed by atoms with Crippen LogP contribution in [0.2, 0.25) is 0 Å². The summed E-state index contributed by atoms with van der Waals surface area (Å²) < 4.78 is 13.2. The summed E-state index contributed by atoms with van der Waals surface area (Å²) in [5, 5.41) is 2.68. The van der Waals surface area contributed by atoms with Crippen molar-refractivity contribution in [1.29, 1.82) is 0 Å². The standard InChI is InChI=1S/C16H16FN3O2/c1-3-15(21)13-7-14(20-9-19-13)16(22)18-8-11-4-5-12(17)10(2)6-11/h4-7,9H,3,8H2,1-2H3,(H,18,22). The molecule has 5 nitrogen and oxygen atoms in total. The third-order valence-electron chi connectivity index (χ3n) is 3.18. The summed E-state index contributed by atoms with van der Waals surface area (Å²) in [5.41, 5.74) is 1.65. The number of carbonyl (C=O) groups excluding carboxylic acids is 2. The van der Waals surface area contributed by atoms with Crippen molar-refractivity contribution < 1.29 is 14.0 Å². The average molecular weight is 301 g/mol. The van der Waals surface area contributed by atoms with Gasteiger partial charge in [-0.25, -0.2) is 14.4 Å². The summed E-state index contributed by atoms with van der Waals surface area (Å²) >= 11 is 0. The lowest BCUT2D eigenvalue weighted by Crippen LogP contribution is -2.24. The Kier molecular flexibility index (Phi) is 4.93. The van der Waals surface area contributed by atoms with E-state index in [0.717, 1.165) is 5.56 Å². The Morgan fingerprint density at radius 1 is 1.18 bits per heavy atom. The molecule has 1 aromatic carbocycles. The van der Waals surface area contributed by atoms with Crippen molar-refractivity contribution >= 4 is 11.7 Å². The van der Waals surface area contributed by atoms with Crippen molar-refractivity contribution in [3.8, 4) is 0 Å². The number of carbonyl (C=O) groups is 2. The largest absolute Gasteiger partial charge is 0.347 e. The summed E-state index contributed by atoms with van der Waals surface area (Å²) in [7, 11) is 0. The summed E-state index contributed by atoms with van der Waals surface area (Å²) in [6.45, 7) is 3.63. The number of halogens is 1. The summed E-state index contributed by atoms with van der Waals surface area (Å²) in [6.07, 6.45) is 1.51. The van der Waals surface area contributed by atoms with Crippen LogP contribution < -0.4 is 5.32 Å². The molecule has 0 aliphatic rings. The molecule has 0 radical (unpaired) electrons. The van der Waals surface area contributed by atoms with Crippen LogP contribution in [0.3, 0.4) is 0 Å². The van der Waals surface area contributed by atoms with Gasteiger partial charge in [0.25, 0.3) is 5.91 Å². The highest BCUT2D eigenvalue weighted by Crippen LogP contribution is 2.09. The molecule has 1 amide bonds. The molecule has 1 heterocycles. The van der Waals surface area contributed by atoms with Gasteiger partial charge in [-0.1, -0.05) is 19.1 Å². The lowest BCUT2D eigenvalue weighted by atomic mass is 10.1. The molecule has 1 aromatic heterocycles. The molecule has 0 spiro atoms. The molecule has 0 bridgehead atoms. The molecule has 1 N–H and O–H groups in total. The van der Waals surface area contributed by atoms with Crippen molar-refractivity contribution in [3.05, 3.63) is 58.9 Å². The first-order chi connectivity index (χ1) is 10.5. The van der Waals surface area contributed by atoms with E-state index in [0.29, 0.717) is 12.0 Å². The SMILES string of the molecule is CCC(=O)c1cc(C(=O)NCc2ccc(F)c(C)c2)ncn1. The highest BCUT2D eigenvalue weighted by Gasteiger charge is 2.12. The van der Waals surface area contributed by atoms with Gasteiger partial charge in [0.2, 0.25) is 0 Å². The van der Waals surface area contributed by atoms with Gasteiger partial charge in [0.05, 0.1) is 0 Å². The smallest absolute Gasteiger partial charge is 0.270 e. The van der Waals surface area contributed by atoms with Crippen LogP contribution in [-0.4, -0.2) is 21.7 Å². The third-order valence-corrected chi connectivity index (χ3v) is 3.18. The highest BCUT2D eigenvalue weighted by molar-refractivity contribution is 5.98. The van der Waals surface area contributed by atoms with Crippen molar-refractivity contribution in [2.75, 3.05) is 0 Å². The second-order valence-electron chi connectivity index (χ2n) is 4.83. The Bertz CT molecular complexity index is 716. The van der Waals surface area contributed by atoms with E-state index in [9.17, 15) is 14.0 Å². The molecule has 2 rings (SSSR count). The third kappa shape index (κ3) is 3.72. The summed E-state index contributed by atoms with van der Waals surface area (Å²) in [6, 6.07) is 6.01. The molecule has 0 unspecified atom stereocenters. The van der Waals surface area contributed by atoms with E-state index in [1.807, 2.05) is 0 Å². The number of aromatic nitrogens is 2. The van der Waals surface area contributed by atoms with E-state index in [2.05, 4.69) is 15.3 Å². The molecule has 0 saturated heterocycles. The zero-order chi connectivity index (χ0) is 16.1. The number of benzene rings is 1. The molecule has 0 aliphatic heterocycles. The number of Topliss-reactive ketones (excluding diaryl/α,β-unsaturated/α-hetero) is 1. The van der Waals surface area contributed by atoms with Gasteiger partial charge in [-0.3, -0.25) is 9.59 Å². The van der Waals surface area contributed by atoms with E-state index in [4.69, 9.17) is 0 Å². The molecule has 2 aromatic rings. The monoisotopic (exact) mass is 301 g/mol. The molecule has 0 atom stereocenters. The summed E-state index contributed by atoms with van der Waals surface area (Å²) in [4.78, 5) is 31.3. The second kappa shape index (κ2) is 6.89. The van der Waals surface area contributed by atoms with Gasteiger partial charge in [-0.2, -0.15) is 0 Å². The Balaban J connectivity index is 2.06. The molecular formula is C16H16FN3O2. The predicted molar refractivity (Wildman–Crippen MR) is 79.0 cm³/mol. The van der Waals surface area contributed by atoms with Gasteiger partial charge in [-0.05, 0) is 30.2 Å². The van der Waals surface area contributed by atoms with Gasteiger partial charge in [0, 0.05) is 13.0 Å². The maximum absolute atomic E-state index is 13.2. The summed E-state index contributed by atoms with van der Waals surface area (Å²) in [5.74, 6) is -0.839. The van der Waals surface area contributed by atoms with Crippen LogP contribution in [0.4, 0.5) is 4.39 Å². The minimum Gasteiger partial charge on any atom is -0.347 e. The first kappa shape index (κ1) is 15.8. The van der Waals surface area contributed by atoms with E-state index < -0.39 is 5.91 Å². The van der Waals surface area contributed by atoms with E-state index in [1.54, 1.807) is 26.0 Å². The number of ketones is 1. The minimum absolute atomic E-state index is 0.130. The molecule has 6 heteroatoms. The van der Waals surface area contributed by atoms with Crippen LogP contribution in [0.1, 0.15) is 45.4 Å². The van der Waals surface area contributed by atoms with Crippen LogP contribution in [0.5, 0.6) is 0 Å². The predicted octanol–water partition coefficient (Wildman–Crippen LogP) is 2.45. The van der Waals surface area contributed by atoms with Gasteiger partial charge in [0.15, 0.2) is 5.78 Å². The zero-order valence-electron chi connectivity index (χ0n) is 12.4.